The summed E-state index contributed by atoms with van der Waals surface area (Å²) in [7, 11) is 0. The molecule has 2 bridgehead atoms. The van der Waals surface area contributed by atoms with E-state index in [2.05, 4.69) is 27.4 Å². The van der Waals surface area contributed by atoms with Gasteiger partial charge in [-0.15, -0.1) is 0 Å². The molecular weight excluding hydrogens is 256 g/mol. The first-order chi connectivity index (χ1) is 9.80. The third kappa shape index (κ3) is 1.61. The largest absolute Gasteiger partial charge is 0.299 e. The van der Waals surface area contributed by atoms with Crippen molar-refractivity contribution in [3.63, 3.8) is 0 Å². The molecule has 4 aliphatic carbocycles. The molecule has 4 rings (SSSR count). The Balaban J connectivity index is 1.75. The minimum atomic E-state index is -0.0962. The van der Waals surface area contributed by atoms with Crippen molar-refractivity contribution in [2.24, 2.45) is 34.0 Å². The molecule has 0 amide bonds. The van der Waals surface area contributed by atoms with Crippen LogP contribution < -0.4 is 0 Å². The first kappa shape index (κ1) is 14.0. The van der Waals surface area contributed by atoms with Gasteiger partial charge in [-0.3, -0.25) is 4.79 Å². The zero-order chi connectivity index (χ0) is 15.0. The monoisotopic (exact) mass is 286 g/mol. The fourth-order valence-electron chi connectivity index (χ4n) is 7.38. The van der Waals surface area contributed by atoms with E-state index in [0.717, 1.165) is 24.7 Å². The molecule has 0 aromatic carbocycles. The Kier molecular flexibility index (Phi) is 2.69. The van der Waals surface area contributed by atoms with E-state index in [1.165, 1.54) is 38.5 Å². The lowest BCUT2D eigenvalue weighted by Crippen LogP contribution is -2.58. The van der Waals surface area contributed by atoms with Crippen LogP contribution in [0.2, 0.25) is 0 Å². The number of fused-ring (bicyclic) bond motifs is 3. The van der Waals surface area contributed by atoms with Crippen LogP contribution in [0.1, 0.15) is 72.1 Å². The van der Waals surface area contributed by atoms with Crippen molar-refractivity contribution in [2.45, 2.75) is 72.1 Å². The van der Waals surface area contributed by atoms with Gasteiger partial charge < -0.3 is 0 Å². The van der Waals surface area contributed by atoms with Crippen molar-refractivity contribution in [3.8, 4) is 0 Å². The van der Waals surface area contributed by atoms with Crippen LogP contribution in [0.4, 0.5) is 0 Å². The molecule has 0 aliphatic heterocycles. The summed E-state index contributed by atoms with van der Waals surface area (Å²) in [4.78, 5) is 12.5. The van der Waals surface area contributed by atoms with Gasteiger partial charge in [0, 0.05) is 11.8 Å². The van der Waals surface area contributed by atoms with Gasteiger partial charge in [0.25, 0.3) is 0 Å². The maximum atomic E-state index is 12.5. The maximum absolute atomic E-state index is 12.5. The van der Waals surface area contributed by atoms with Gasteiger partial charge in [0.05, 0.1) is 0 Å². The molecule has 0 radical (unpaired) electrons. The Morgan fingerprint density at radius 3 is 2.57 bits per heavy atom. The van der Waals surface area contributed by atoms with Gasteiger partial charge in [-0.2, -0.15) is 0 Å². The maximum Gasteiger partial charge on any atom is 0.138 e. The smallest absolute Gasteiger partial charge is 0.138 e. The number of ketones is 1. The van der Waals surface area contributed by atoms with E-state index < -0.39 is 0 Å². The predicted molar refractivity (Wildman–Crippen MR) is 85.9 cm³/mol. The highest BCUT2D eigenvalue weighted by Gasteiger charge is 2.64. The summed E-state index contributed by atoms with van der Waals surface area (Å²) in [5.41, 5.74) is 2.40. The minimum absolute atomic E-state index is 0.0962. The summed E-state index contributed by atoms with van der Waals surface area (Å²) in [5.74, 6) is 2.78. The van der Waals surface area contributed by atoms with E-state index >= 15 is 0 Å². The first-order valence-corrected chi connectivity index (χ1v) is 9.01. The molecular formula is C20H30O. The van der Waals surface area contributed by atoms with Crippen molar-refractivity contribution >= 4 is 5.78 Å². The molecule has 0 aromatic heterocycles. The Morgan fingerprint density at radius 2 is 1.81 bits per heavy atom. The summed E-state index contributed by atoms with van der Waals surface area (Å²) in [6.45, 7) is 11.4. The summed E-state index contributed by atoms with van der Waals surface area (Å²) in [6.07, 6.45) is 10.0. The van der Waals surface area contributed by atoms with Crippen LogP contribution in [-0.4, -0.2) is 5.78 Å². The fourth-order valence-corrected chi connectivity index (χ4v) is 7.38. The highest BCUT2D eigenvalue weighted by atomic mass is 16.1. The number of Topliss-reactive ketones (excluding diaryl/α,β-unsaturated/α-hetero) is 1. The molecule has 4 saturated carbocycles. The number of hydrogen-bond acceptors (Lipinski definition) is 1. The molecule has 21 heavy (non-hydrogen) atoms. The zero-order valence-electron chi connectivity index (χ0n) is 14.0. The molecule has 0 N–H and O–H groups in total. The topological polar surface area (TPSA) is 17.1 Å². The molecule has 4 aliphatic rings. The minimum Gasteiger partial charge on any atom is -0.299 e. The van der Waals surface area contributed by atoms with Crippen LogP contribution in [0.3, 0.4) is 0 Å². The first-order valence-electron chi connectivity index (χ1n) is 9.01. The van der Waals surface area contributed by atoms with Crippen molar-refractivity contribution in [2.75, 3.05) is 0 Å². The molecule has 1 spiro atoms. The fraction of sp³-hybridized carbons (Fsp3) is 0.850. The molecule has 116 valence electrons. The van der Waals surface area contributed by atoms with E-state index in [1.807, 2.05) is 0 Å². The van der Waals surface area contributed by atoms with E-state index in [-0.39, 0.29) is 5.41 Å². The number of rotatable bonds is 0. The second-order valence-electron chi connectivity index (χ2n) is 9.47. The molecule has 5 atom stereocenters. The Labute approximate surface area is 129 Å². The van der Waals surface area contributed by atoms with Crippen molar-refractivity contribution < 1.29 is 4.79 Å². The van der Waals surface area contributed by atoms with Crippen molar-refractivity contribution in [1.82, 2.24) is 0 Å². The highest BCUT2D eigenvalue weighted by molar-refractivity contribution is 5.85. The number of allylic oxidation sites excluding steroid dienone is 1. The molecule has 0 saturated heterocycles. The van der Waals surface area contributed by atoms with Gasteiger partial charge >= 0.3 is 0 Å². The second kappa shape index (κ2) is 4.03. The van der Waals surface area contributed by atoms with Gasteiger partial charge in [-0.25, -0.2) is 0 Å². The second-order valence-corrected chi connectivity index (χ2v) is 9.47. The average molecular weight is 286 g/mol. The average Bonchev–Trinajstić information content (AvgIpc) is 2.65. The Hall–Kier alpha value is -0.590. The highest BCUT2D eigenvalue weighted by Crippen LogP contribution is 2.71. The van der Waals surface area contributed by atoms with Crippen LogP contribution in [0.25, 0.3) is 0 Å². The zero-order valence-corrected chi connectivity index (χ0v) is 14.0. The lowest BCUT2D eigenvalue weighted by Gasteiger charge is -2.63. The third-order valence-corrected chi connectivity index (χ3v) is 8.36. The van der Waals surface area contributed by atoms with Crippen LogP contribution in [0.15, 0.2) is 12.2 Å². The van der Waals surface area contributed by atoms with Gasteiger partial charge in [-0.05, 0) is 73.5 Å². The molecule has 0 heterocycles. The van der Waals surface area contributed by atoms with Gasteiger partial charge in [0.1, 0.15) is 5.78 Å². The van der Waals surface area contributed by atoms with E-state index in [4.69, 9.17) is 0 Å². The molecule has 0 aromatic rings. The van der Waals surface area contributed by atoms with E-state index in [0.29, 0.717) is 22.5 Å². The Morgan fingerprint density at radius 1 is 1.05 bits per heavy atom. The van der Waals surface area contributed by atoms with E-state index in [9.17, 15) is 4.79 Å². The molecule has 0 unspecified atom stereocenters. The number of carbonyl (C=O) groups is 1. The Bertz CT molecular complexity index is 516. The summed E-state index contributed by atoms with van der Waals surface area (Å²) >= 11 is 0. The molecule has 1 heteroatoms. The van der Waals surface area contributed by atoms with Crippen molar-refractivity contribution in [1.29, 1.82) is 0 Å². The summed E-state index contributed by atoms with van der Waals surface area (Å²) in [5, 5.41) is 0. The van der Waals surface area contributed by atoms with Crippen LogP contribution in [-0.2, 0) is 4.79 Å². The predicted octanol–water partition coefficient (Wildman–Crippen LogP) is 5.15. The lowest BCUT2D eigenvalue weighted by atomic mass is 9.41. The van der Waals surface area contributed by atoms with Crippen molar-refractivity contribution in [3.05, 3.63) is 12.2 Å². The van der Waals surface area contributed by atoms with Gasteiger partial charge in [0.15, 0.2) is 0 Å². The summed E-state index contributed by atoms with van der Waals surface area (Å²) < 4.78 is 0. The lowest BCUT2D eigenvalue weighted by molar-refractivity contribution is -0.165. The van der Waals surface area contributed by atoms with Gasteiger partial charge in [0.2, 0.25) is 0 Å². The van der Waals surface area contributed by atoms with Crippen LogP contribution in [0.5, 0.6) is 0 Å². The normalized spacial score (nSPS) is 51.5. The van der Waals surface area contributed by atoms with Crippen LogP contribution in [0, 0.1) is 34.0 Å². The SMILES string of the molecule is C=C1C[C@@]23CC[C@@H]4C(C)(C)C(=O)CC[C@@]4(C)[C@@H]2CC[C@H]1C3. The number of hydrogen-bond donors (Lipinski definition) is 0. The number of carbonyl (C=O) groups excluding carboxylic acids is 1. The van der Waals surface area contributed by atoms with Crippen LogP contribution >= 0.6 is 0 Å². The quantitative estimate of drug-likeness (QED) is 0.562. The standard InChI is InChI=1S/C20H30O/c1-13-11-20-10-7-15-18(2,3)17(21)8-9-19(15,4)16(20)6-5-14(13)12-20/h14-16H,1,5-12H2,2-4H3/t14-,15+,16-,19+,20+/m0/s1. The van der Waals surface area contributed by atoms with Gasteiger partial charge in [-0.1, -0.05) is 32.9 Å². The summed E-state index contributed by atoms with van der Waals surface area (Å²) in [6, 6.07) is 0. The molecule has 4 fully saturated rings. The molecule has 1 nitrogen and oxygen atoms in total. The third-order valence-electron chi connectivity index (χ3n) is 8.36. The van der Waals surface area contributed by atoms with E-state index in [1.54, 1.807) is 5.57 Å².